The first-order valence-electron chi connectivity index (χ1n) is 7.66. The summed E-state index contributed by atoms with van der Waals surface area (Å²) in [6, 6.07) is 4.16. The number of nitrogens with two attached hydrogens (primary N) is 1. The van der Waals surface area contributed by atoms with Gasteiger partial charge in [0.15, 0.2) is 0 Å². The Labute approximate surface area is 123 Å². The predicted molar refractivity (Wildman–Crippen MR) is 84.3 cm³/mol. The van der Waals surface area contributed by atoms with E-state index in [0.29, 0.717) is 13.0 Å². The van der Waals surface area contributed by atoms with Gasteiger partial charge in [-0.05, 0) is 51.2 Å². The summed E-state index contributed by atoms with van der Waals surface area (Å²) in [5.74, 6) is 0.967. The largest absolute Gasteiger partial charge is 0.493 e. The topological polar surface area (TPSA) is 55.5 Å². The molecule has 1 rings (SSSR count). The van der Waals surface area contributed by atoms with E-state index in [9.17, 15) is 5.11 Å². The van der Waals surface area contributed by atoms with Crippen molar-refractivity contribution in [2.45, 2.75) is 65.5 Å². The number of aliphatic hydroxyl groups excluding tert-OH is 1. The van der Waals surface area contributed by atoms with Gasteiger partial charge in [0.05, 0.1) is 12.7 Å². The van der Waals surface area contributed by atoms with Crippen molar-refractivity contribution < 1.29 is 9.84 Å². The molecule has 3 nitrogen and oxygen atoms in total. The van der Waals surface area contributed by atoms with Crippen LogP contribution < -0.4 is 10.5 Å². The van der Waals surface area contributed by atoms with Crippen molar-refractivity contribution in [2.24, 2.45) is 5.73 Å². The molecular weight excluding hydrogens is 250 g/mol. The Kier molecular flexibility index (Phi) is 7.03. The average molecular weight is 279 g/mol. The molecule has 0 spiro atoms. The molecular formula is C17H29NO2. The highest BCUT2D eigenvalue weighted by Gasteiger charge is 2.16. The van der Waals surface area contributed by atoms with Crippen LogP contribution in [0.1, 0.15) is 49.8 Å². The van der Waals surface area contributed by atoms with Crippen molar-refractivity contribution in [3.05, 3.63) is 28.8 Å². The van der Waals surface area contributed by atoms with E-state index in [2.05, 4.69) is 32.9 Å². The van der Waals surface area contributed by atoms with Gasteiger partial charge in [-0.15, -0.1) is 0 Å². The number of benzene rings is 1. The van der Waals surface area contributed by atoms with Gasteiger partial charge in [0, 0.05) is 6.04 Å². The molecule has 2 unspecified atom stereocenters. The second kappa shape index (κ2) is 8.28. The van der Waals surface area contributed by atoms with Gasteiger partial charge in [-0.3, -0.25) is 0 Å². The highest BCUT2D eigenvalue weighted by atomic mass is 16.5. The zero-order valence-corrected chi connectivity index (χ0v) is 13.3. The Balaban J connectivity index is 2.76. The smallest absolute Gasteiger partial charge is 0.125 e. The van der Waals surface area contributed by atoms with Gasteiger partial charge >= 0.3 is 0 Å². The van der Waals surface area contributed by atoms with Crippen LogP contribution in [0.3, 0.4) is 0 Å². The highest BCUT2D eigenvalue weighted by molar-refractivity contribution is 5.44. The lowest BCUT2D eigenvalue weighted by molar-refractivity contribution is 0.130. The minimum Gasteiger partial charge on any atom is -0.493 e. The molecule has 1 aromatic carbocycles. The van der Waals surface area contributed by atoms with Gasteiger partial charge in [-0.25, -0.2) is 0 Å². The van der Waals surface area contributed by atoms with Crippen molar-refractivity contribution in [1.82, 2.24) is 0 Å². The van der Waals surface area contributed by atoms with Crippen LogP contribution >= 0.6 is 0 Å². The summed E-state index contributed by atoms with van der Waals surface area (Å²) < 4.78 is 5.75. The molecule has 2 atom stereocenters. The molecule has 3 N–H and O–H groups in total. The summed E-state index contributed by atoms with van der Waals surface area (Å²) in [5.41, 5.74) is 9.53. The summed E-state index contributed by atoms with van der Waals surface area (Å²) in [7, 11) is 0. The lowest BCUT2D eigenvalue weighted by atomic mass is 9.97. The molecule has 0 saturated carbocycles. The highest BCUT2D eigenvalue weighted by Crippen LogP contribution is 2.27. The zero-order chi connectivity index (χ0) is 15.1. The quantitative estimate of drug-likeness (QED) is 0.768. The fourth-order valence-corrected chi connectivity index (χ4v) is 2.62. The Bertz CT molecular complexity index is 418. The minimum absolute atomic E-state index is 0.124. The Morgan fingerprint density at radius 2 is 1.90 bits per heavy atom. The van der Waals surface area contributed by atoms with E-state index in [4.69, 9.17) is 10.5 Å². The van der Waals surface area contributed by atoms with Crippen LogP contribution in [0, 0.1) is 13.8 Å². The maximum absolute atomic E-state index is 10.1. The van der Waals surface area contributed by atoms with Gasteiger partial charge in [0.2, 0.25) is 0 Å². The summed E-state index contributed by atoms with van der Waals surface area (Å²) in [6.45, 7) is 8.90. The third-order valence-electron chi connectivity index (χ3n) is 3.61. The molecule has 0 heterocycles. The van der Waals surface area contributed by atoms with Crippen LogP contribution in [0.15, 0.2) is 12.1 Å². The van der Waals surface area contributed by atoms with E-state index >= 15 is 0 Å². The summed E-state index contributed by atoms with van der Waals surface area (Å²) >= 11 is 0. The third kappa shape index (κ3) is 4.80. The third-order valence-corrected chi connectivity index (χ3v) is 3.61. The molecule has 0 aromatic heterocycles. The van der Waals surface area contributed by atoms with Crippen molar-refractivity contribution in [3.63, 3.8) is 0 Å². The maximum atomic E-state index is 10.1. The number of rotatable bonds is 8. The monoisotopic (exact) mass is 279 g/mol. The van der Waals surface area contributed by atoms with Crippen LogP contribution in [-0.2, 0) is 6.42 Å². The SMILES string of the molecule is CCCC(N)C(O)CCc1cc(C)cc(C)c1OCC. The second-order valence-electron chi connectivity index (χ2n) is 5.56. The van der Waals surface area contributed by atoms with E-state index in [0.717, 1.165) is 30.6 Å². The Morgan fingerprint density at radius 3 is 2.50 bits per heavy atom. The molecule has 0 aliphatic rings. The fourth-order valence-electron chi connectivity index (χ4n) is 2.62. The van der Waals surface area contributed by atoms with Gasteiger partial charge < -0.3 is 15.6 Å². The standard InChI is InChI=1S/C17H29NO2/c1-5-7-15(18)16(19)9-8-14-11-12(3)10-13(4)17(14)20-6-2/h10-11,15-16,19H,5-9,18H2,1-4H3. The first-order chi connectivity index (χ1) is 9.49. The van der Waals surface area contributed by atoms with Gasteiger partial charge in [-0.1, -0.05) is 31.0 Å². The average Bonchev–Trinajstić information content (AvgIpc) is 2.39. The molecule has 0 saturated heterocycles. The molecule has 114 valence electrons. The number of ether oxygens (including phenoxy) is 1. The van der Waals surface area contributed by atoms with Gasteiger partial charge in [-0.2, -0.15) is 0 Å². The molecule has 0 bridgehead atoms. The van der Waals surface area contributed by atoms with E-state index in [-0.39, 0.29) is 6.04 Å². The molecule has 3 heteroatoms. The van der Waals surface area contributed by atoms with Crippen molar-refractivity contribution in [3.8, 4) is 5.75 Å². The Hall–Kier alpha value is -1.06. The molecule has 1 aromatic rings. The van der Waals surface area contributed by atoms with Gasteiger partial charge in [0.25, 0.3) is 0 Å². The van der Waals surface area contributed by atoms with E-state index in [1.165, 1.54) is 11.1 Å². The lowest BCUT2D eigenvalue weighted by Gasteiger charge is -2.20. The van der Waals surface area contributed by atoms with Crippen molar-refractivity contribution in [1.29, 1.82) is 0 Å². The number of hydrogen-bond acceptors (Lipinski definition) is 3. The molecule has 0 aliphatic carbocycles. The first kappa shape index (κ1) is 17.0. The second-order valence-corrected chi connectivity index (χ2v) is 5.56. The van der Waals surface area contributed by atoms with E-state index < -0.39 is 6.10 Å². The summed E-state index contributed by atoms with van der Waals surface area (Å²) in [6.07, 6.45) is 2.92. The first-order valence-corrected chi connectivity index (χ1v) is 7.66. The minimum atomic E-state index is -0.440. The molecule has 0 amide bonds. The normalized spacial score (nSPS) is 14.1. The van der Waals surface area contributed by atoms with Crippen molar-refractivity contribution in [2.75, 3.05) is 6.61 Å². The maximum Gasteiger partial charge on any atom is 0.125 e. The zero-order valence-electron chi connectivity index (χ0n) is 13.3. The molecule has 0 radical (unpaired) electrons. The lowest BCUT2D eigenvalue weighted by Crippen LogP contribution is -2.34. The number of aliphatic hydroxyl groups is 1. The van der Waals surface area contributed by atoms with Crippen LogP contribution in [0.5, 0.6) is 5.75 Å². The Morgan fingerprint density at radius 1 is 1.20 bits per heavy atom. The number of aryl methyl sites for hydroxylation is 3. The van der Waals surface area contributed by atoms with Crippen LogP contribution in [0.4, 0.5) is 0 Å². The van der Waals surface area contributed by atoms with Crippen LogP contribution in [0.2, 0.25) is 0 Å². The van der Waals surface area contributed by atoms with Crippen LogP contribution in [0.25, 0.3) is 0 Å². The predicted octanol–water partition coefficient (Wildman–Crippen LogP) is 3.12. The van der Waals surface area contributed by atoms with E-state index in [1.54, 1.807) is 0 Å². The van der Waals surface area contributed by atoms with Crippen molar-refractivity contribution >= 4 is 0 Å². The molecule has 20 heavy (non-hydrogen) atoms. The molecule has 0 aliphatic heterocycles. The summed E-state index contributed by atoms with van der Waals surface area (Å²) in [5, 5.41) is 10.1. The van der Waals surface area contributed by atoms with E-state index in [1.807, 2.05) is 6.92 Å². The fraction of sp³-hybridized carbons (Fsp3) is 0.647. The summed E-state index contributed by atoms with van der Waals surface area (Å²) in [4.78, 5) is 0. The van der Waals surface area contributed by atoms with Crippen LogP contribution in [-0.4, -0.2) is 23.9 Å². The van der Waals surface area contributed by atoms with Gasteiger partial charge in [0.1, 0.15) is 5.75 Å². The molecule has 0 fully saturated rings. The number of hydrogen-bond donors (Lipinski definition) is 2.